The quantitative estimate of drug-likeness (QED) is 0.812. The van der Waals surface area contributed by atoms with Crippen molar-refractivity contribution in [2.24, 2.45) is 5.41 Å². The van der Waals surface area contributed by atoms with Crippen LogP contribution in [0.2, 0.25) is 0 Å². The molecule has 88 valence electrons. The Morgan fingerprint density at radius 3 is 2.75 bits per heavy atom. The van der Waals surface area contributed by atoms with Crippen LogP contribution in [0.3, 0.4) is 0 Å². The van der Waals surface area contributed by atoms with Crippen LogP contribution in [0.15, 0.2) is 6.20 Å². The highest BCUT2D eigenvalue weighted by atomic mass is 16.1. The molecule has 1 aromatic heterocycles. The van der Waals surface area contributed by atoms with E-state index in [0.717, 1.165) is 18.8 Å². The first-order chi connectivity index (χ1) is 7.47. The van der Waals surface area contributed by atoms with Crippen molar-refractivity contribution in [1.29, 1.82) is 0 Å². The van der Waals surface area contributed by atoms with Crippen LogP contribution in [0.4, 0.5) is 0 Å². The predicted molar refractivity (Wildman–Crippen MR) is 60.1 cm³/mol. The Kier molecular flexibility index (Phi) is 2.80. The molecule has 1 aliphatic rings. The molecule has 2 rings (SSSR count). The minimum Gasteiger partial charge on any atom is -0.315 e. The molecule has 0 unspecified atom stereocenters. The monoisotopic (exact) mass is 222 g/mol. The third-order valence-electron chi connectivity index (χ3n) is 2.90. The third kappa shape index (κ3) is 2.29. The van der Waals surface area contributed by atoms with E-state index >= 15 is 0 Å². The lowest BCUT2D eigenvalue weighted by Gasteiger charge is -2.24. The van der Waals surface area contributed by atoms with Gasteiger partial charge in [-0.05, 0) is 0 Å². The largest absolute Gasteiger partial charge is 0.315 e. The number of hydrogen-bond acceptors (Lipinski definition) is 4. The first-order valence-electron chi connectivity index (χ1n) is 5.61. The Bertz CT molecular complexity index is 387. The normalized spacial score (nSPS) is 17.2. The van der Waals surface area contributed by atoms with Crippen LogP contribution in [0.25, 0.3) is 0 Å². The zero-order valence-electron chi connectivity index (χ0n) is 10.0. The first kappa shape index (κ1) is 11.3. The van der Waals surface area contributed by atoms with Crippen LogP contribution in [-0.4, -0.2) is 33.9 Å². The second-order valence-corrected chi connectivity index (χ2v) is 5.37. The maximum atomic E-state index is 11.8. The van der Waals surface area contributed by atoms with Gasteiger partial charge in [0, 0.05) is 30.6 Å². The fraction of sp³-hybridized carbons (Fsp3) is 0.727. The average molecular weight is 222 g/mol. The number of nitrogens with one attached hydrogen (secondary N) is 1. The molecule has 5 heteroatoms. The lowest BCUT2D eigenvalue weighted by atomic mass is 9.91. The zero-order valence-corrected chi connectivity index (χ0v) is 10.0. The molecule has 2 heterocycles. The van der Waals surface area contributed by atoms with Gasteiger partial charge in [-0.3, -0.25) is 4.79 Å². The predicted octanol–water partition coefficient (Wildman–Crippen LogP) is 0.580. The van der Waals surface area contributed by atoms with Crippen LogP contribution in [0.1, 0.15) is 32.4 Å². The highest BCUT2D eigenvalue weighted by molar-refractivity contribution is 5.83. The standard InChI is InChI=1S/C11H18N4O/c1-11(2,3)10(16)7-15-6-9(13-14-15)8-4-12-5-8/h6,8,12H,4-5,7H2,1-3H3. The van der Waals surface area contributed by atoms with Crippen LogP contribution < -0.4 is 5.32 Å². The Balaban J connectivity index is 2.00. The molecule has 0 saturated carbocycles. The van der Waals surface area contributed by atoms with E-state index in [2.05, 4.69) is 15.6 Å². The average Bonchev–Trinajstić information content (AvgIpc) is 2.48. The topological polar surface area (TPSA) is 59.8 Å². The summed E-state index contributed by atoms with van der Waals surface area (Å²) in [6.07, 6.45) is 1.88. The smallest absolute Gasteiger partial charge is 0.159 e. The minimum atomic E-state index is -0.315. The van der Waals surface area contributed by atoms with Crippen molar-refractivity contribution in [3.63, 3.8) is 0 Å². The molecule has 0 spiro atoms. The van der Waals surface area contributed by atoms with Crippen LogP contribution in [0.5, 0.6) is 0 Å². The second kappa shape index (κ2) is 3.97. The SMILES string of the molecule is CC(C)(C)C(=O)Cn1cc(C2CNC2)nn1. The number of aromatic nitrogens is 3. The van der Waals surface area contributed by atoms with Crippen molar-refractivity contribution in [1.82, 2.24) is 20.3 Å². The minimum absolute atomic E-state index is 0.177. The van der Waals surface area contributed by atoms with Crippen molar-refractivity contribution in [2.45, 2.75) is 33.2 Å². The third-order valence-corrected chi connectivity index (χ3v) is 2.90. The molecule has 0 aromatic carbocycles. The van der Waals surface area contributed by atoms with Gasteiger partial charge >= 0.3 is 0 Å². The number of hydrogen-bond donors (Lipinski definition) is 1. The van der Waals surface area contributed by atoms with E-state index in [4.69, 9.17) is 0 Å². The van der Waals surface area contributed by atoms with Gasteiger partial charge in [0.15, 0.2) is 5.78 Å². The van der Waals surface area contributed by atoms with Gasteiger partial charge in [0.25, 0.3) is 0 Å². The van der Waals surface area contributed by atoms with Crippen molar-refractivity contribution < 1.29 is 4.79 Å². The molecule has 1 fully saturated rings. The molecule has 0 radical (unpaired) electrons. The lowest BCUT2D eigenvalue weighted by Crippen LogP contribution is -2.40. The van der Waals surface area contributed by atoms with Crippen molar-refractivity contribution in [3.8, 4) is 0 Å². The molecule has 1 aromatic rings. The summed E-state index contributed by atoms with van der Waals surface area (Å²) < 4.78 is 1.64. The summed E-state index contributed by atoms with van der Waals surface area (Å²) in [7, 11) is 0. The molecule has 1 N–H and O–H groups in total. The van der Waals surface area contributed by atoms with Gasteiger partial charge in [0.05, 0.1) is 5.69 Å². The lowest BCUT2D eigenvalue weighted by molar-refractivity contribution is -0.127. The Morgan fingerprint density at radius 1 is 1.56 bits per heavy atom. The molecule has 0 bridgehead atoms. The van der Waals surface area contributed by atoms with Crippen molar-refractivity contribution >= 4 is 5.78 Å². The summed E-state index contributed by atoms with van der Waals surface area (Å²) in [6, 6.07) is 0. The Hall–Kier alpha value is -1.23. The molecule has 1 saturated heterocycles. The maximum absolute atomic E-state index is 11.8. The number of ketones is 1. The molecule has 0 atom stereocenters. The van der Waals surface area contributed by atoms with E-state index < -0.39 is 0 Å². The van der Waals surface area contributed by atoms with Crippen molar-refractivity contribution in [2.75, 3.05) is 13.1 Å². The van der Waals surface area contributed by atoms with E-state index in [1.807, 2.05) is 27.0 Å². The van der Waals surface area contributed by atoms with E-state index in [0.29, 0.717) is 12.5 Å². The fourth-order valence-corrected chi connectivity index (χ4v) is 1.46. The van der Waals surface area contributed by atoms with E-state index in [1.54, 1.807) is 4.68 Å². The number of carbonyl (C=O) groups excluding carboxylic acids is 1. The molecule has 5 nitrogen and oxygen atoms in total. The summed E-state index contributed by atoms with van der Waals surface area (Å²) >= 11 is 0. The summed E-state index contributed by atoms with van der Waals surface area (Å²) in [6.45, 7) is 8.00. The fourth-order valence-electron chi connectivity index (χ4n) is 1.46. The first-order valence-corrected chi connectivity index (χ1v) is 5.61. The van der Waals surface area contributed by atoms with Gasteiger partial charge in [-0.1, -0.05) is 26.0 Å². The van der Waals surface area contributed by atoms with Crippen LogP contribution >= 0.6 is 0 Å². The van der Waals surface area contributed by atoms with Gasteiger partial charge in [-0.25, -0.2) is 4.68 Å². The van der Waals surface area contributed by atoms with Gasteiger partial charge in [-0.2, -0.15) is 0 Å². The van der Waals surface area contributed by atoms with E-state index in [9.17, 15) is 4.79 Å². The summed E-state index contributed by atoms with van der Waals surface area (Å²) in [5, 5.41) is 11.3. The number of Topliss-reactive ketones (excluding diaryl/α,β-unsaturated/α-hetero) is 1. The van der Waals surface area contributed by atoms with Crippen LogP contribution in [0, 0.1) is 5.41 Å². The summed E-state index contributed by atoms with van der Waals surface area (Å²) in [5.41, 5.74) is 0.671. The Labute approximate surface area is 95.2 Å². The molecular weight excluding hydrogens is 204 g/mol. The molecule has 1 aliphatic heterocycles. The summed E-state index contributed by atoms with van der Waals surface area (Å²) in [5.74, 6) is 0.647. The molecule has 0 amide bonds. The number of nitrogens with zero attached hydrogens (tertiary/aromatic N) is 3. The number of carbonyl (C=O) groups is 1. The Morgan fingerprint density at radius 2 is 2.25 bits per heavy atom. The highest BCUT2D eigenvalue weighted by Gasteiger charge is 2.24. The highest BCUT2D eigenvalue weighted by Crippen LogP contribution is 2.18. The van der Waals surface area contributed by atoms with Gasteiger partial charge in [0.2, 0.25) is 0 Å². The van der Waals surface area contributed by atoms with Gasteiger partial charge in [0.1, 0.15) is 6.54 Å². The maximum Gasteiger partial charge on any atom is 0.159 e. The van der Waals surface area contributed by atoms with Gasteiger partial charge in [-0.15, -0.1) is 5.10 Å². The van der Waals surface area contributed by atoms with Crippen LogP contribution in [-0.2, 0) is 11.3 Å². The van der Waals surface area contributed by atoms with Gasteiger partial charge < -0.3 is 5.32 Å². The summed E-state index contributed by atoms with van der Waals surface area (Å²) in [4.78, 5) is 11.8. The molecular formula is C11H18N4O. The number of rotatable bonds is 3. The van der Waals surface area contributed by atoms with E-state index in [-0.39, 0.29) is 11.2 Å². The van der Waals surface area contributed by atoms with E-state index in [1.165, 1.54) is 0 Å². The second-order valence-electron chi connectivity index (χ2n) is 5.37. The van der Waals surface area contributed by atoms with Crippen molar-refractivity contribution in [3.05, 3.63) is 11.9 Å². The molecule has 0 aliphatic carbocycles. The zero-order chi connectivity index (χ0) is 11.8. The molecule has 16 heavy (non-hydrogen) atoms.